The van der Waals surface area contributed by atoms with Gasteiger partial charge in [0.25, 0.3) is 0 Å². The van der Waals surface area contributed by atoms with Crippen LogP contribution in [0.1, 0.15) is 18.7 Å². The highest BCUT2D eigenvalue weighted by Gasteiger charge is 2.19. The zero-order chi connectivity index (χ0) is 16.7. The molecule has 1 aromatic heterocycles. The zero-order valence-corrected chi connectivity index (χ0v) is 12.4. The molecule has 1 aromatic carbocycles. The number of carboxylic acid groups (broad SMARTS) is 1. The Labute approximate surface area is 132 Å². The Balaban J connectivity index is 1.80. The fraction of sp³-hybridized carbons (Fsp3) is 0.312. The molecule has 2 N–H and O–H groups in total. The lowest BCUT2D eigenvalue weighted by molar-refractivity contribution is -0.142. The number of hydrogen-bond acceptors (Lipinski definition) is 4. The first-order valence-corrected chi connectivity index (χ1v) is 7.18. The Hall–Kier alpha value is -2.70. The van der Waals surface area contributed by atoms with Gasteiger partial charge in [0.05, 0.1) is 6.20 Å². The molecule has 23 heavy (non-hydrogen) atoms. The lowest BCUT2D eigenvalue weighted by Gasteiger charge is -2.10. The predicted molar refractivity (Wildman–Crippen MR) is 80.4 cm³/mol. The van der Waals surface area contributed by atoms with E-state index in [0.29, 0.717) is 24.5 Å². The molecule has 122 valence electrons. The molecule has 2 rings (SSSR count). The molecule has 1 atom stereocenters. The maximum Gasteiger partial charge on any atom is 0.328 e. The Bertz CT molecular complexity index is 657. The molecule has 0 aliphatic carbocycles. The van der Waals surface area contributed by atoms with Gasteiger partial charge in [0, 0.05) is 18.4 Å². The molecule has 0 fully saturated rings. The molecule has 0 saturated carbocycles. The number of aliphatic carboxylic acids is 1. The fourth-order valence-corrected chi connectivity index (χ4v) is 1.99. The number of carboxylic acids is 1. The average molecular weight is 320 g/mol. The number of oxazole rings is 1. The minimum atomic E-state index is -1.49. The number of hydrogen-bond donors (Lipinski definition) is 2. The van der Waals surface area contributed by atoms with Crippen LogP contribution in [0.25, 0.3) is 11.3 Å². The van der Waals surface area contributed by atoms with E-state index in [1.807, 2.05) is 30.3 Å². The molecule has 0 spiro atoms. The van der Waals surface area contributed by atoms with E-state index in [4.69, 9.17) is 9.52 Å². The Morgan fingerprint density at radius 2 is 2.04 bits per heavy atom. The van der Waals surface area contributed by atoms with Crippen LogP contribution in [0.4, 0.5) is 4.39 Å². The van der Waals surface area contributed by atoms with Crippen molar-refractivity contribution >= 4 is 11.9 Å². The summed E-state index contributed by atoms with van der Waals surface area (Å²) in [6.45, 7) is -1.14. The number of rotatable bonds is 8. The van der Waals surface area contributed by atoms with Crippen molar-refractivity contribution in [3.05, 3.63) is 42.4 Å². The highest BCUT2D eigenvalue weighted by Crippen LogP contribution is 2.20. The summed E-state index contributed by atoms with van der Waals surface area (Å²) in [5, 5.41) is 10.8. The number of carbonyl (C=O) groups excluding carboxylic acids is 1. The number of amides is 1. The van der Waals surface area contributed by atoms with Gasteiger partial charge in [-0.1, -0.05) is 30.3 Å². The van der Waals surface area contributed by atoms with Gasteiger partial charge in [-0.3, -0.25) is 4.79 Å². The Morgan fingerprint density at radius 1 is 1.30 bits per heavy atom. The number of nitrogens with one attached hydrogen (secondary N) is 1. The number of halogens is 1. The van der Waals surface area contributed by atoms with Crippen molar-refractivity contribution in [2.75, 3.05) is 6.67 Å². The van der Waals surface area contributed by atoms with E-state index in [-0.39, 0.29) is 6.42 Å². The van der Waals surface area contributed by atoms with Crippen LogP contribution in [-0.4, -0.2) is 34.7 Å². The van der Waals surface area contributed by atoms with Gasteiger partial charge >= 0.3 is 5.97 Å². The van der Waals surface area contributed by atoms with E-state index < -0.39 is 24.6 Å². The van der Waals surface area contributed by atoms with Crippen LogP contribution in [0.3, 0.4) is 0 Å². The maximum absolute atomic E-state index is 12.4. The summed E-state index contributed by atoms with van der Waals surface area (Å²) < 4.78 is 18.0. The number of nitrogens with zero attached hydrogens (tertiary/aromatic N) is 1. The van der Waals surface area contributed by atoms with Gasteiger partial charge < -0.3 is 14.8 Å². The lowest BCUT2D eigenvalue weighted by atomic mass is 10.2. The summed E-state index contributed by atoms with van der Waals surface area (Å²) in [6.07, 6.45) is 2.56. The minimum absolute atomic E-state index is 0.0762. The summed E-state index contributed by atoms with van der Waals surface area (Å²) in [5.41, 5.74) is 0.913. The SMILES string of the molecule is O=C(CCCc1ncc(-c2ccccc2)o1)NC(CF)C(=O)O. The predicted octanol–water partition coefficient (Wildman–Crippen LogP) is 2.20. The highest BCUT2D eigenvalue weighted by molar-refractivity contribution is 5.83. The van der Waals surface area contributed by atoms with Crippen molar-refractivity contribution in [3.8, 4) is 11.3 Å². The van der Waals surface area contributed by atoms with E-state index in [1.54, 1.807) is 6.20 Å². The molecule has 0 saturated heterocycles. The van der Waals surface area contributed by atoms with Gasteiger partial charge in [0.2, 0.25) is 5.91 Å². The first-order chi connectivity index (χ1) is 11.1. The van der Waals surface area contributed by atoms with Gasteiger partial charge in [-0.25, -0.2) is 14.2 Å². The van der Waals surface area contributed by atoms with Gasteiger partial charge in [-0.15, -0.1) is 0 Å². The van der Waals surface area contributed by atoms with Crippen LogP contribution < -0.4 is 5.32 Å². The average Bonchev–Trinajstić information content (AvgIpc) is 3.02. The molecule has 1 unspecified atom stereocenters. The van der Waals surface area contributed by atoms with Gasteiger partial charge in [-0.2, -0.15) is 0 Å². The Morgan fingerprint density at radius 3 is 2.70 bits per heavy atom. The second-order valence-electron chi connectivity index (χ2n) is 4.95. The molecule has 1 amide bonds. The molecule has 7 heteroatoms. The van der Waals surface area contributed by atoms with Crippen LogP contribution in [0.2, 0.25) is 0 Å². The topological polar surface area (TPSA) is 92.4 Å². The lowest BCUT2D eigenvalue weighted by Crippen LogP contribution is -2.42. The second kappa shape index (κ2) is 8.07. The van der Waals surface area contributed by atoms with E-state index in [1.165, 1.54) is 0 Å². The summed E-state index contributed by atoms with van der Waals surface area (Å²) in [7, 11) is 0. The highest BCUT2D eigenvalue weighted by atomic mass is 19.1. The van der Waals surface area contributed by atoms with Crippen LogP contribution in [0, 0.1) is 0 Å². The molecule has 6 nitrogen and oxygen atoms in total. The van der Waals surface area contributed by atoms with Crippen molar-refractivity contribution in [1.29, 1.82) is 0 Å². The van der Waals surface area contributed by atoms with E-state index >= 15 is 0 Å². The summed E-state index contributed by atoms with van der Waals surface area (Å²) in [4.78, 5) is 26.3. The normalized spacial score (nSPS) is 11.9. The molecule has 2 aromatic rings. The van der Waals surface area contributed by atoms with Gasteiger partial charge in [0.15, 0.2) is 17.7 Å². The molecule has 0 aliphatic heterocycles. The van der Waals surface area contributed by atoms with Crippen molar-refractivity contribution in [2.45, 2.75) is 25.3 Å². The maximum atomic E-state index is 12.4. The monoisotopic (exact) mass is 320 g/mol. The van der Waals surface area contributed by atoms with Crippen LogP contribution in [-0.2, 0) is 16.0 Å². The first-order valence-electron chi connectivity index (χ1n) is 7.18. The fourth-order valence-electron chi connectivity index (χ4n) is 1.99. The van der Waals surface area contributed by atoms with Crippen molar-refractivity contribution in [1.82, 2.24) is 10.3 Å². The number of carbonyl (C=O) groups is 2. The Kier molecular flexibility index (Phi) is 5.85. The van der Waals surface area contributed by atoms with Crippen LogP contribution >= 0.6 is 0 Å². The second-order valence-corrected chi connectivity index (χ2v) is 4.95. The molecule has 0 radical (unpaired) electrons. The van der Waals surface area contributed by atoms with E-state index in [0.717, 1.165) is 5.56 Å². The zero-order valence-electron chi connectivity index (χ0n) is 12.4. The molecular weight excluding hydrogens is 303 g/mol. The quantitative estimate of drug-likeness (QED) is 0.778. The molecule has 0 aliphatic rings. The number of alkyl halides is 1. The van der Waals surface area contributed by atoms with Gasteiger partial charge in [0.1, 0.15) is 6.67 Å². The van der Waals surface area contributed by atoms with E-state index in [9.17, 15) is 14.0 Å². The van der Waals surface area contributed by atoms with Crippen molar-refractivity contribution in [3.63, 3.8) is 0 Å². The van der Waals surface area contributed by atoms with Crippen molar-refractivity contribution in [2.24, 2.45) is 0 Å². The number of aryl methyl sites for hydroxylation is 1. The summed E-state index contributed by atoms with van der Waals surface area (Å²) >= 11 is 0. The van der Waals surface area contributed by atoms with Gasteiger partial charge in [-0.05, 0) is 6.42 Å². The molecular formula is C16H17FN2O4. The first kappa shape index (κ1) is 16.7. The summed E-state index contributed by atoms with van der Waals surface area (Å²) in [6, 6.07) is 8.01. The number of aromatic nitrogens is 1. The third kappa shape index (κ3) is 4.91. The number of benzene rings is 1. The minimum Gasteiger partial charge on any atom is -0.480 e. The smallest absolute Gasteiger partial charge is 0.328 e. The van der Waals surface area contributed by atoms with Crippen LogP contribution in [0.15, 0.2) is 40.9 Å². The third-order valence-corrected chi connectivity index (χ3v) is 3.19. The van der Waals surface area contributed by atoms with Crippen LogP contribution in [0.5, 0.6) is 0 Å². The van der Waals surface area contributed by atoms with Crippen molar-refractivity contribution < 1.29 is 23.5 Å². The largest absolute Gasteiger partial charge is 0.480 e. The third-order valence-electron chi connectivity index (χ3n) is 3.19. The summed E-state index contributed by atoms with van der Waals surface area (Å²) in [5.74, 6) is -0.753. The molecule has 1 heterocycles. The standard InChI is InChI=1S/C16H17FN2O4/c17-9-12(16(21)22)19-14(20)7-4-8-15-18-10-13(23-15)11-5-2-1-3-6-11/h1-3,5-6,10,12H,4,7-9H2,(H,19,20)(H,21,22). The molecule has 0 bridgehead atoms. The van der Waals surface area contributed by atoms with E-state index in [2.05, 4.69) is 10.3 Å².